The SMILES string of the molecule is CCc1cc(C)cc(CC)c1C1=C(OC(=O)C(C)(C)C)CC(CCS)CC1=O. The first-order valence-electron chi connectivity index (χ1n) is 10.3. The van der Waals surface area contributed by atoms with Crippen molar-refractivity contribution < 1.29 is 14.3 Å². The van der Waals surface area contributed by atoms with Gasteiger partial charge in [-0.3, -0.25) is 9.59 Å². The monoisotopic (exact) mass is 402 g/mol. The smallest absolute Gasteiger partial charge is 0.316 e. The minimum atomic E-state index is -0.619. The topological polar surface area (TPSA) is 43.4 Å². The molecule has 0 bridgehead atoms. The highest BCUT2D eigenvalue weighted by atomic mass is 32.1. The number of allylic oxidation sites excluding steroid dienone is 2. The van der Waals surface area contributed by atoms with Gasteiger partial charge in [0.05, 0.1) is 11.0 Å². The number of carbonyl (C=O) groups is 2. The molecule has 1 aromatic rings. The van der Waals surface area contributed by atoms with E-state index in [1.807, 2.05) is 20.8 Å². The first-order chi connectivity index (χ1) is 13.1. The third-order valence-corrected chi connectivity index (χ3v) is 5.59. The molecule has 1 unspecified atom stereocenters. The average Bonchev–Trinajstić information content (AvgIpc) is 2.61. The van der Waals surface area contributed by atoms with Crippen LogP contribution in [0, 0.1) is 18.3 Å². The van der Waals surface area contributed by atoms with Crippen LogP contribution in [0.25, 0.3) is 5.57 Å². The molecule has 0 saturated carbocycles. The van der Waals surface area contributed by atoms with E-state index < -0.39 is 5.41 Å². The van der Waals surface area contributed by atoms with Crippen molar-refractivity contribution in [3.05, 3.63) is 40.1 Å². The number of rotatable bonds is 6. The Balaban J connectivity index is 2.68. The third-order valence-electron chi connectivity index (χ3n) is 5.33. The lowest BCUT2D eigenvalue weighted by Crippen LogP contribution is -2.27. The van der Waals surface area contributed by atoms with Gasteiger partial charge in [0.15, 0.2) is 5.78 Å². The molecule has 2 rings (SSSR count). The van der Waals surface area contributed by atoms with Gasteiger partial charge in [0.1, 0.15) is 5.76 Å². The van der Waals surface area contributed by atoms with Crippen molar-refractivity contribution in [1.82, 2.24) is 0 Å². The Morgan fingerprint density at radius 3 is 2.18 bits per heavy atom. The number of aryl methyl sites for hydroxylation is 3. The van der Waals surface area contributed by atoms with Crippen LogP contribution >= 0.6 is 12.6 Å². The summed E-state index contributed by atoms with van der Waals surface area (Å²) in [6.45, 7) is 11.8. The lowest BCUT2D eigenvalue weighted by molar-refractivity contribution is -0.148. The number of ether oxygens (including phenoxy) is 1. The molecule has 0 aliphatic heterocycles. The molecule has 4 heteroatoms. The molecule has 154 valence electrons. The molecular weight excluding hydrogens is 368 g/mol. The molecule has 1 aliphatic rings. The van der Waals surface area contributed by atoms with E-state index in [2.05, 4.69) is 45.5 Å². The Kier molecular flexibility index (Phi) is 7.55. The fourth-order valence-corrected chi connectivity index (χ4v) is 4.17. The first kappa shape index (κ1) is 22.7. The van der Waals surface area contributed by atoms with E-state index in [9.17, 15) is 9.59 Å². The van der Waals surface area contributed by atoms with E-state index in [0.29, 0.717) is 24.2 Å². The van der Waals surface area contributed by atoms with Gasteiger partial charge in [0, 0.05) is 12.8 Å². The van der Waals surface area contributed by atoms with E-state index in [1.165, 1.54) is 5.56 Å². The first-order valence-corrected chi connectivity index (χ1v) is 11.0. The van der Waals surface area contributed by atoms with Gasteiger partial charge in [0.25, 0.3) is 0 Å². The maximum Gasteiger partial charge on any atom is 0.316 e. The Labute approximate surface area is 175 Å². The lowest BCUT2D eigenvalue weighted by Gasteiger charge is -2.29. The second-order valence-electron chi connectivity index (χ2n) is 8.81. The van der Waals surface area contributed by atoms with E-state index in [-0.39, 0.29) is 17.7 Å². The molecule has 0 amide bonds. The summed E-state index contributed by atoms with van der Waals surface area (Å²) in [6.07, 6.45) is 3.62. The van der Waals surface area contributed by atoms with Crippen molar-refractivity contribution in [3.8, 4) is 0 Å². The maximum absolute atomic E-state index is 13.3. The highest BCUT2D eigenvalue weighted by Gasteiger charge is 2.34. The summed E-state index contributed by atoms with van der Waals surface area (Å²) >= 11 is 4.34. The summed E-state index contributed by atoms with van der Waals surface area (Å²) in [6, 6.07) is 4.30. The molecule has 0 aromatic heterocycles. The van der Waals surface area contributed by atoms with E-state index in [1.54, 1.807) is 0 Å². The van der Waals surface area contributed by atoms with Gasteiger partial charge < -0.3 is 4.74 Å². The molecule has 0 N–H and O–H groups in total. The molecular formula is C24H34O3S. The number of esters is 1. The molecule has 0 radical (unpaired) electrons. The van der Waals surface area contributed by atoms with E-state index in [4.69, 9.17) is 4.74 Å². The summed E-state index contributed by atoms with van der Waals surface area (Å²) in [7, 11) is 0. The quantitative estimate of drug-likeness (QED) is 0.489. The Bertz CT molecular complexity index is 759. The normalized spacial score (nSPS) is 17.8. The molecule has 1 aliphatic carbocycles. The zero-order chi connectivity index (χ0) is 21.1. The molecule has 1 atom stereocenters. The van der Waals surface area contributed by atoms with Crippen molar-refractivity contribution in [2.45, 2.75) is 73.6 Å². The molecule has 0 heterocycles. The average molecular weight is 403 g/mol. The molecule has 0 saturated heterocycles. The number of benzene rings is 1. The minimum absolute atomic E-state index is 0.0861. The van der Waals surface area contributed by atoms with Gasteiger partial charge in [-0.05, 0) is 75.3 Å². The van der Waals surface area contributed by atoms with Gasteiger partial charge in [-0.1, -0.05) is 31.5 Å². The fraction of sp³-hybridized carbons (Fsp3) is 0.583. The fourth-order valence-electron chi connectivity index (χ4n) is 3.80. The summed E-state index contributed by atoms with van der Waals surface area (Å²) in [5.41, 5.74) is 4.49. The summed E-state index contributed by atoms with van der Waals surface area (Å²) in [5.74, 6) is 1.25. The van der Waals surface area contributed by atoms with Crippen LogP contribution in [0.5, 0.6) is 0 Å². The predicted octanol–water partition coefficient (Wildman–Crippen LogP) is 5.72. The van der Waals surface area contributed by atoms with Crippen molar-refractivity contribution in [3.63, 3.8) is 0 Å². The maximum atomic E-state index is 13.3. The van der Waals surface area contributed by atoms with Crippen LogP contribution in [0.4, 0.5) is 0 Å². The number of thiol groups is 1. The zero-order valence-corrected chi connectivity index (χ0v) is 19.0. The number of hydrogen-bond acceptors (Lipinski definition) is 4. The van der Waals surface area contributed by atoms with Crippen LogP contribution in [-0.2, 0) is 27.2 Å². The molecule has 1 aromatic carbocycles. The van der Waals surface area contributed by atoms with E-state index in [0.717, 1.165) is 41.7 Å². The van der Waals surface area contributed by atoms with Crippen LogP contribution in [0.3, 0.4) is 0 Å². The summed E-state index contributed by atoms with van der Waals surface area (Å²) in [4.78, 5) is 25.9. The van der Waals surface area contributed by atoms with Crippen molar-refractivity contribution in [2.24, 2.45) is 11.3 Å². The lowest BCUT2D eigenvalue weighted by atomic mass is 9.79. The highest BCUT2D eigenvalue weighted by Crippen LogP contribution is 2.39. The Morgan fingerprint density at radius 1 is 1.14 bits per heavy atom. The molecule has 3 nitrogen and oxygen atoms in total. The number of carbonyl (C=O) groups excluding carboxylic acids is 2. The van der Waals surface area contributed by atoms with Crippen molar-refractivity contribution in [1.29, 1.82) is 0 Å². The number of hydrogen-bond donors (Lipinski definition) is 1. The highest BCUT2D eigenvalue weighted by molar-refractivity contribution is 7.80. The van der Waals surface area contributed by atoms with Crippen LogP contribution in [0.15, 0.2) is 17.9 Å². The van der Waals surface area contributed by atoms with Crippen LogP contribution in [0.1, 0.15) is 76.1 Å². The standard InChI is InChI=1S/C24H34O3S/c1-7-17-11-15(3)12-18(8-2)21(17)22-19(25)13-16(9-10-28)14-20(22)27-23(26)24(4,5)6/h11-12,16,28H,7-10,13-14H2,1-6H3. The van der Waals surface area contributed by atoms with E-state index >= 15 is 0 Å². The second-order valence-corrected chi connectivity index (χ2v) is 9.26. The van der Waals surface area contributed by atoms with Gasteiger partial charge in [0.2, 0.25) is 0 Å². The molecule has 28 heavy (non-hydrogen) atoms. The molecule has 0 spiro atoms. The van der Waals surface area contributed by atoms with Gasteiger partial charge in [-0.2, -0.15) is 12.6 Å². The van der Waals surface area contributed by atoms with Crippen molar-refractivity contribution >= 4 is 30.0 Å². The van der Waals surface area contributed by atoms with Crippen molar-refractivity contribution in [2.75, 3.05) is 5.75 Å². The molecule has 0 fully saturated rings. The number of Topliss-reactive ketones (excluding diaryl/α,β-unsaturated/α-hetero) is 1. The minimum Gasteiger partial charge on any atom is -0.430 e. The van der Waals surface area contributed by atoms with Crippen LogP contribution in [0.2, 0.25) is 0 Å². The summed E-state index contributed by atoms with van der Waals surface area (Å²) in [5, 5.41) is 0. The van der Waals surface area contributed by atoms with Crippen LogP contribution < -0.4 is 0 Å². The van der Waals surface area contributed by atoms with Gasteiger partial charge in [-0.25, -0.2) is 0 Å². The number of ketones is 1. The van der Waals surface area contributed by atoms with Gasteiger partial charge in [-0.15, -0.1) is 0 Å². The summed E-state index contributed by atoms with van der Waals surface area (Å²) < 4.78 is 5.89. The van der Waals surface area contributed by atoms with Gasteiger partial charge >= 0.3 is 5.97 Å². The second kappa shape index (κ2) is 9.30. The Morgan fingerprint density at radius 2 is 1.71 bits per heavy atom. The third kappa shape index (κ3) is 5.08. The van der Waals surface area contributed by atoms with Crippen LogP contribution in [-0.4, -0.2) is 17.5 Å². The predicted molar refractivity (Wildman–Crippen MR) is 119 cm³/mol. The largest absolute Gasteiger partial charge is 0.430 e. The zero-order valence-electron chi connectivity index (χ0n) is 18.1. The Hall–Kier alpha value is -1.55.